The highest BCUT2D eigenvalue weighted by atomic mass is 16.5. The largest absolute Gasteiger partial charge is 0.377 e. The Kier molecular flexibility index (Phi) is 5.22. The zero-order valence-corrected chi connectivity index (χ0v) is 16.4. The Balaban J connectivity index is 1.83. The maximum Gasteiger partial charge on any atom is 0.267 e. The Hall–Kier alpha value is -3.33. The van der Waals surface area contributed by atoms with Gasteiger partial charge in [-0.2, -0.15) is 4.98 Å². The van der Waals surface area contributed by atoms with Gasteiger partial charge in [0.15, 0.2) is 5.82 Å². The number of unbranched alkanes of at least 4 members (excludes halogenated alkanes) is 2. The number of aromatic nitrogens is 6. The molecule has 0 aliphatic carbocycles. The number of rotatable bonds is 7. The molecule has 4 heterocycles. The second-order valence-electron chi connectivity index (χ2n) is 6.88. The van der Waals surface area contributed by atoms with Crippen LogP contribution in [-0.4, -0.2) is 36.4 Å². The van der Waals surface area contributed by atoms with Crippen LogP contribution < -0.4 is 11.1 Å². The molecule has 0 fully saturated rings. The van der Waals surface area contributed by atoms with Gasteiger partial charge in [0, 0.05) is 26.0 Å². The molecule has 29 heavy (non-hydrogen) atoms. The number of hydrogen-bond donors (Lipinski definition) is 1. The maximum atomic E-state index is 13.0. The lowest BCUT2D eigenvalue weighted by molar-refractivity contribution is 0.178. The van der Waals surface area contributed by atoms with Crippen LogP contribution in [0.3, 0.4) is 0 Å². The van der Waals surface area contributed by atoms with Crippen LogP contribution in [0, 0.1) is 0 Å². The lowest BCUT2D eigenvalue weighted by atomic mass is 10.2. The highest BCUT2D eigenvalue weighted by Crippen LogP contribution is 2.15. The normalized spacial score (nSPS) is 11.5. The zero-order valence-electron chi connectivity index (χ0n) is 16.4. The van der Waals surface area contributed by atoms with Crippen LogP contribution in [0.5, 0.6) is 0 Å². The number of methoxy groups -OCH3 is 1. The van der Waals surface area contributed by atoms with Crippen LogP contribution in [0.4, 0.5) is 0 Å². The molecule has 1 N–H and O–H groups in total. The molecule has 0 spiro atoms. The summed E-state index contributed by atoms with van der Waals surface area (Å²) in [5, 5.41) is 7.59. The zero-order chi connectivity index (χ0) is 20.4. The van der Waals surface area contributed by atoms with Gasteiger partial charge in [0.1, 0.15) is 6.61 Å². The van der Waals surface area contributed by atoms with E-state index in [1.54, 1.807) is 36.2 Å². The fourth-order valence-electron chi connectivity index (χ4n) is 3.32. The van der Waals surface area contributed by atoms with Crippen molar-refractivity contribution in [3.05, 3.63) is 57.1 Å². The molecule has 0 aliphatic heterocycles. The third-order valence-corrected chi connectivity index (χ3v) is 4.83. The molecule has 0 atom stereocenters. The van der Waals surface area contributed by atoms with Gasteiger partial charge in [-0.3, -0.25) is 14.7 Å². The molecule has 9 heteroatoms. The van der Waals surface area contributed by atoms with Crippen molar-refractivity contribution in [2.24, 2.45) is 0 Å². The van der Waals surface area contributed by atoms with Crippen molar-refractivity contribution in [1.29, 1.82) is 0 Å². The van der Waals surface area contributed by atoms with E-state index < -0.39 is 0 Å². The Morgan fingerprint density at radius 2 is 1.79 bits per heavy atom. The van der Waals surface area contributed by atoms with Crippen molar-refractivity contribution in [2.75, 3.05) is 7.11 Å². The molecular weight excluding hydrogens is 372 g/mol. The molecule has 4 rings (SSSR count). The number of H-pyrrole nitrogens is 1. The number of fused-ring (bicyclic) bond motifs is 2. The fraction of sp³-hybridized carbons (Fsp3) is 0.350. The molecule has 0 saturated heterocycles. The SMILES string of the molecule is CCCCCn1ccc2nc3ccn(-c4n[nH]c(COC)n4)c(=O)c3cc2c1=O. The van der Waals surface area contributed by atoms with E-state index in [1.807, 2.05) is 6.07 Å². The number of nitrogens with zero attached hydrogens (tertiary/aromatic N) is 5. The summed E-state index contributed by atoms with van der Waals surface area (Å²) in [6.45, 7) is 3.04. The number of nitrogens with one attached hydrogen (secondary N) is 1. The Morgan fingerprint density at radius 3 is 2.55 bits per heavy atom. The molecule has 0 bridgehead atoms. The monoisotopic (exact) mass is 394 g/mol. The molecule has 0 amide bonds. The smallest absolute Gasteiger partial charge is 0.267 e. The third kappa shape index (κ3) is 3.56. The van der Waals surface area contributed by atoms with Gasteiger partial charge in [-0.15, -0.1) is 5.10 Å². The molecule has 0 radical (unpaired) electrons. The molecule has 0 aliphatic rings. The van der Waals surface area contributed by atoms with Crippen LogP contribution in [0.2, 0.25) is 0 Å². The molecular formula is C20H22N6O3. The maximum absolute atomic E-state index is 13.0. The van der Waals surface area contributed by atoms with Crippen LogP contribution in [0.1, 0.15) is 32.0 Å². The second kappa shape index (κ2) is 7.96. The van der Waals surface area contributed by atoms with Gasteiger partial charge >= 0.3 is 0 Å². The minimum atomic E-state index is -0.333. The van der Waals surface area contributed by atoms with E-state index in [9.17, 15) is 9.59 Å². The molecule has 0 unspecified atom stereocenters. The number of pyridine rings is 3. The van der Waals surface area contributed by atoms with Crippen LogP contribution in [0.15, 0.2) is 40.2 Å². The predicted octanol–water partition coefficient (Wildman–Crippen LogP) is 2.16. The van der Waals surface area contributed by atoms with Gasteiger partial charge in [-0.1, -0.05) is 19.8 Å². The third-order valence-electron chi connectivity index (χ3n) is 4.83. The first-order valence-corrected chi connectivity index (χ1v) is 9.58. The van der Waals surface area contributed by atoms with Crippen molar-refractivity contribution in [1.82, 2.24) is 29.3 Å². The first-order chi connectivity index (χ1) is 14.1. The Labute approximate surface area is 166 Å². The van der Waals surface area contributed by atoms with Gasteiger partial charge < -0.3 is 9.30 Å². The summed E-state index contributed by atoms with van der Waals surface area (Å²) in [6.07, 6.45) is 6.43. The minimum Gasteiger partial charge on any atom is -0.377 e. The number of hydrogen-bond acceptors (Lipinski definition) is 6. The Morgan fingerprint density at radius 1 is 1.03 bits per heavy atom. The highest BCUT2D eigenvalue weighted by molar-refractivity contribution is 5.91. The summed E-state index contributed by atoms with van der Waals surface area (Å²) in [4.78, 5) is 34.7. The minimum absolute atomic E-state index is 0.136. The summed E-state index contributed by atoms with van der Waals surface area (Å²) < 4.78 is 8.02. The van der Waals surface area contributed by atoms with Crippen molar-refractivity contribution in [3.63, 3.8) is 0 Å². The summed E-state index contributed by atoms with van der Waals surface area (Å²) in [5.41, 5.74) is 0.630. The van der Waals surface area contributed by atoms with Gasteiger partial charge in [0.2, 0.25) is 0 Å². The summed E-state index contributed by atoms with van der Waals surface area (Å²) in [7, 11) is 1.55. The number of aromatic amines is 1. The lowest BCUT2D eigenvalue weighted by Crippen LogP contribution is -2.22. The first kappa shape index (κ1) is 19.0. The molecule has 150 valence electrons. The van der Waals surface area contributed by atoms with Crippen molar-refractivity contribution >= 4 is 21.8 Å². The molecule has 9 nitrogen and oxygen atoms in total. The van der Waals surface area contributed by atoms with Gasteiger partial charge in [-0.25, -0.2) is 9.55 Å². The van der Waals surface area contributed by atoms with Crippen LogP contribution in [-0.2, 0) is 17.9 Å². The average Bonchev–Trinajstić information content (AvgIpc) is 3.18. The average molecular weight is 394 g/mol. The first-order valence-electron chi connectivity index (χ1n) is 9.58. The van der Waals surface area contributed by atoms with E-state index in [0.717, 1.165) is 19.3 Å². The van der Waals surface area contributed by atoms with Crippen molar-refractivity contribution in [2.45, 2.75) is 39.3 Å². The van der Waals surface area contributed by atoms with Gasteiger partial charge in [-0.05, 0) is 24.6 Å². The number of aryl methyl sites for hydroxylation is 1. The number of ether oxygens (including phenoxy) is 1. The van der Waals surface area contributed by atoms with Crippen molar-refractivity contribution < 1.29 is 4.74 Å². The van der Waals surface area contributed by atoms with E-state index in [0.29, 0.717) is 34.2 Å². The highest BCUT2D eigenvalue weighted by Gasteiger charge is 2.13. The standard InChI is InChI=1S/C20H22N6O3/c1-3-4-5-8-25-9-6-15-13(18(25)27)11-14-16(21-15)7-10-26(19(14)28)20-22-17(12-29-2)23-24-20/h6-7,9-11H,3-5,8,12H2,1-2H3,(H,22,23,24). The quantitative estimate of drug-likeness (QED) is 0.380. The molecule has 4 aromatic heterocycles. The second-order valence-corrected chi connectivity index (χ2v) is 6.88. The van der Waals surface area contributed by atoms with E-state index >= 15 is 0 Å². The summed E-state index contributed by atoms with van der Waals surface area (Å²) >= 11 is 0. The lowest BCUT2D eigenvalue weighted by Gasteiger charge is -2.08. The summed E-state index contributed by atoms with van der Waals surface area (Å²) in [6, 6.07) is 5.16. The topological polar surface area (TPSA) is 108 Å². The molecule has 0 saturated carbocycles. The Bertz CT molecular complexity index is 1290. The van der Waals surface area contributed by atoms with Crippen LogP contribution >= 0.6 is 0 Å². The van der Waals surface area contributed by atoms with E-state index in [-0.39, 0.29) is 23.7 Å². The summed E-state index contributed by atoms with van der Waals surface area (Å²) in [5.74, 6) is 0.732. The molecule has 4 aromatic rings. The van der Waals surface area contributed by atoms with Crippen molar-refractivity contribution in [3.8, 4) is 5.95 Å². The predicted molar refractivity (Wildman–Crippen MR) is 109 cm³/mol. The van der Waals surface area contributed by atoms with E-state index in [2.05, 4.69) is 27.1 Å². The van der Waals surface area contributed by atoms with Gasteiger partial charge in [0.05, 0.1) is 21.8 Å². The van der Waals surface area contributed by atoms with E-state index in [4.69, 9.17) is 4.74 Å². The van der Waals surface area contributed by atoms with Crippen LogP contribution in [0.25, 0.3) is 27.8 Å². The van der Waals surface area contributed by atoms with Gasteiger partial charge in [0.25, 0.3) is 17.1 Å². The fourth-order valence-corrected chi connectivity index (χ4v) is 3.32. The van der Waals surface area contributed by atoms with E-state index in [1.165, 1.54) is 4.57 Å². The molecule has 0 aromatic carbocycles.